The van der Waals surface area contributed by atoms with Crippen molar-refractivity contribution < 1.29 is 23.8 Å². The fourth-order valence-corrected chi connectivity index (χ4v) is 7.69. The number of amides is 1. The Morgan fingerprint density at radius 2 is 1.82 bits per heavy atom. The molecule has 2 aromatic carbocycles. The Bertz CT molecular complexity index is 1510. The van der Waals surface area contributed by atoms with Gasteiger partial charge >= 0.3 is 12.1 Å². The normalized spacial score (nSPS) is 21.2. The minimum absolute atomic E-state index is 0.0231. The number of hydrogen-bond acceptors (Lipinski definition) is 8. The predicted molar refractivity (Wildman–Crippen MR) is 172 cm³/mol. The van der Waals surface area contributed by atoms with Crippen LogP contribution >= 0.6 is 11.3 Å². The second-order valence-electron chi connectivity index (χ2n) is 13.3. The summed E-state index contributed by atoms with van der Waals surface area (Å²) >= 11 is 1.66. The molecule has 2 bridgehead atoms. The van der Waals surface area contributed by atoms with Crippen molar-refractivity contribution in [1.29, 1.82) is 0 Å². The molecule has 3 atom stereocenters. The quantitative estimate of drug-likeness (QED) is 0.264. The van der Waals surface area contributed by atoms with Crippen LogP contribution in [-0.4, -0.2) is 53.8 Å². The SMILES string of the molecule is CCOC(=O)[C@H]1[C@@H]2CC[C@H]1CN(c1nc(-c3cc(C)ccc3OCc3ccc4c(c3)CCN(C(=O)OC(C)(C)C)C4)cs1)C2. The third-order valence-electron chi connectivity index (χ3n) is 8.90. The Kier molecular flexibility index (Phi) is 8.59. The Balaban J connectivity index is 1.12. The molecule has 1 aliphatic carbocycles. The summed E-state index contributed by atoms with van der Waals surface area (Å²) in [5, 5.41) is 3.12. The average Bonchev–Trinajstić information content (AvgIpc) is 3.58. The number of piperidine rings is 1. The maximum Gasteiger partial charge on any atom is 0.410 e. The highest BCUT2D eigenvalue weighted by Gasteiger charge is 2.47. The zero-order chi connectivity index (χ0) is 31.0. The number of rotatable bonds is 7. The van der Waals surface area contributed by atoms with Crippen LogP contribution in [-0.2, 0) is 33.8 Å². The van der Waals surface area contributed by atoms with Crippen LogP contribution in [0, 0.1) is 24.7 Å². The van der Waals surface area contributed by atoms with E-state index in [0.717, 1.165) is 71.2 Å². The molecule has 3 aromatic rings. The standard InChI is InChI=1S/C35H43N3O5S/c1-6-41-32(39)31-26-10-11-27(31)19-38(18-26)33-36-29(21-44-33)28-15-22(2)7-12-30(28)42-20-23-8-9-25-17-37(14-13-24(25)16-23)34(40)43-35(3,4)5/h7-9,12,15-16,21,26-27,31H,6,10-11,13-14,17-20H2,1-5H3/t26-,27+,31+. The first kappa shape index (κ1) is 30.4. The molecule has 1 amide bonds. The third-order valence-corrected chi connectivity index (χ3v) is 9.80. The molecule has 234 valence electrons. The number of aromatic nitrogens is 1. The lowest BCUT2D eigenvalue weighted by Crippen LogP contribution is -2.45. The predicted octanol–water partition coefficient (Wildman–Crippen LogP) is 7.02. The van der Waals surface area contributed by atoms with Crippen LogP contribution in [0.2, 0.25) is 0 Å². The molecular formula is C35H43N3O5S. The summed E-state index contributed by atoms with van der Waals surface area (Å²) in [4.78, 5) is 34.4. The second kappa shape index (κ2) is 12.4. The van der Waals surface area contributed by atoms with Gasteiger partial charge in [0.05, 0.1) is 18.2 Å². The molecule has 3 heterocycles. The van der Waals surface area contributed by atoms with Crippen molar-refractivity contribution in [1.82, 2.24) is 9.88 Å². The van der Waals surface area contributed by atoms with Crippen molar-refractivity contribution in [3.63, 3.8) is 0 Å². The van der Waals surface area contributed by atoms with E-state index < -0.39 is 5.60 Å². The second-order valence-corrected chi connectivity index (χ2v) is 14.2. The molecule has 0 spiro atoms. The topological polar surface area (TPSA) is 81.2 Å². The van der Waals surface area contributed by atoms with Gasteiger partial charge in [-0.3, -0.25) is 4.79 Å². The van der Waals surface area contributed by atoms with E-state index in [0.29, 0.717) is 38.1 Å². The van der Waals surface area contributed by atoms with Gasteiger partial charge in [-0.15, -0.1) is 11.3 Å². The van der Waals surface area contributed by atoms with E-state index in [1.54, 1.807) is 16.2 Å². The number of nitrogens with zero attached hydrogens (tertiary/aromatic N) is 3. The van der Waals surface area contributed by atoms with Crippen LogP contribution in [0.15, 0.2) is 41.8 Å². The molecule has 6 rings (SSSR count). The highest BCUT2D eigenvalue weighted by molar-refractivity contribution is 7.14. The first-order chi connectivity index (χ1) is 21.1. The van der Waals surface area contributed by atoms with Crippen molar-refractivity contribution in [3.8, 4) is 17.0 Å². The smallest absolute Gasteiger partial charge is 0.410 e. The third kappa shape index (κ3) is 6.58. The maximum absolute atomic E-state index is 12.6. The van der Waals surface area contributed by atoms with E-state index in [-0.39, 0.29) is 18.0 Å². The highest BCUT2D eigenvalue weighted by atomic mass is 32.1. The molecule has 1 aromatic heterocycles. The van der Waals surface area contributed by atoms with Crippen molar-refractivity contribution in [2.24, 2.45) is 17.8 Å². The van der Waals surface area contributed by atoms with Crippen LogP contribution < -0.4 is 9.64 Å². The Labute approximate surface area is 264 Å². The number of aryl methyl sites for hydroxylation is 1. The Morgan fingerprint density at radius 3 is 2.55 bits per heavy atom. The first-order valence-electron chi connectivity index (χ1n) is 15.8. The molecule has 1 saturated heterocycles. The van der Waals surface area contributed by atoms with E-state index in [4.69, 9.17) is 19.2 Å². The fourth-order valence-electron chi connectivity index (χ4n) is 6.84. The molecule has 1 saturated carbocycles. The lowest BCUT2D eigenvalue weighted by molar-refractivity contribution is -0.151. The van der Waals surface area contributed by atoms with E-state index in [9.17, 15) is 9.59 Å². The minimum Gasteiger partial charge on any atom is -0.488 e. The number of anilines is 1. The number of fused-ring (bicyclic) bond motifs is 3. The van der Waals surface area contributed by atoms with Gasteiger partial charge in [-0.2, -0.15) is 0 Å². The lowest BCUT2D eigenvalue weighted by Gasteiger charge is -2.36. The average molecular weight is 618 g/mol. The highest BCUT2D eigenvalue weighted by Crippen LogP contribution is 2.45. The summed E-state index contributed by atoms with van der Waals surface area (Å²) in [6, 6.07) is 12.6. The van der Waals surface area contributed by atoms with Gasteiger partial charge in [0, 0.05) is 37.1 Å². The van der Waals surface area contributed by atoms with Crippen molar-refractivity contribution in [3.05, 3.63) is 64.0 Å². The molecule has 8 nitrogen and oxygen atoms in total. The number of ether oxygens (including phenoxy) is 3. The largest absolute Gasteiger partial charge is 0.488 e. The molecule has 44 heavy (non-hydrogen) atoms. The van der Waals surface area contributed by atoms with E-state index in [1.807, 2.05) is 33.8 Å². The van der Waals surface area contributed by atoms with Gasteiger partial charge in [0.15, 0.2) is 5.13 Å². The van der Waals surface area contributed by atoms with E-state index >= 15 is 0 Å². The van der Waals surface area contributed by atoms with Gasteiger partial charge < -0.3 is 24.0 Å². The molecule has 2 fully saturated rings. The number of thiazole rings is 1. The monoisotopic (exact) mass is 617 g/mol. The van der Waals surface area contributed by atoms with Crippen LogP contribution in [0.5, 0.6) is 5.75 Å². The summed E-state index contributed by atoms with van der Waals surface area (Å²) in [6.07, 6.45) is 2.67. The maximum atomic E-state index is 12.6. The molecule has 9 heteroatoms. The van der Waals surface area contributed by atoms with Crippen molar-refractivity contribution in [2.75, 3.05) is 31.1 Å². The minimum atomic E-state index is -0.504. The van der Waals surface area contributed by atoms with Gasteiger partial charge in [-0.25, -0.2) is 9.78 Å². The van der Waals surface area contributed by atoms with E-state index in [2.05, 4.69) is 47.5 Å². The number of carbonyl (C=O) groups is 2. The van der Waals surface area contributed by atoms with Crippen molar-refractivity contribution in [2.45, 2.75) is 72.6 Å². The number of benzene rings is 2. The molecule has 2 aliphatic heterocycles. The molecule has 0 unspecified atom stereocenters. The summed E-state index contributed by atoms with van der Waals surface area (Å²) < 4.78 is 17.4. The molecular weight excluding hydrogens is 574 g/mol. The summed E-state index contributed by atoms with van der Waals surface area (Å²) in [7, 11) is 0. The van der Waals surface area contributed by atoms with Gasteiger partial charge in [0.1, 0.15) is 18.0 Å². The van der Waals surface area contributed by atoms with E-state index in [1.165, 1.54) is 5.56 Å². The van der Waals surface area contributed by atoms with Crippen LogP contribution in [0.1, 0.15) is 62.8 Å². The fraction of sp³-hybridized carbons (Fsp3) is 0.514. The molecule has 0 radical (unpaired) electrons. The number of hydrogen-bond donors (Lipinski definition) is 0. The van der Waals surface area contributed by atoms with Gasteiger partial charge in [-0.1, -0.05) is 29.8 Å². The zero-order valence-electron chi connectivity index (χ0n) is 26.4. The zero-order valence-corrected chi connectivity index (χ0v) is 27.2. The summed E-state index contributed by atoms with van der Waals surface area (Å²) in [5.74, 6) is 1.46. The van der Waals surface area contributed by atoms with Crippen molar-refractivity contribution >= 4 is 28.5 Å². The molecule has 3 aliphatic rings. The van der Waals surface area contributed by atoms with Gasteiger partial charge in [0.25, 0.3) is 0 Å². The number of carbonyl (C=O) groups excluding carboxylic acids is 2. The van der Waals surface area contributed by atoms with Crippen LogP contribution in [0.25, 0.3) is 11.3 Å². The van der Waals surface area contributed by atoms with Gasteiger partial charge in [-0.05, 0) is 94.5 Å². The molecule has 0 N–H and O–H groups in total. The Hall–Kier alpha value is -3.59. The van der Waals surface area contributed by atoms with Crippen LogP contribution in [0.4, 0.5) is 9.93 Å². The summed E-state index contributed by atoms with van der Waals surface area (Å²) in [5.41, 5.74) is 6.05. The number of esters is 1. The lowest BCUT2D eigenvalue weighted by atomic mass is 9.85. The first-order valence-corrected chi connectivity index (χ1v) is 16.7. The van der Waals surface area contributed by atoms with Crippen LogP contribution in [0.3, 0.4) is 0 Å². The summed E-state index contributed by atoms with van der Waals surface area (Å²) in [6.45, 7) is 13.4. The van der Waals surface area contributed by atoms with Gasteiger partial charge in [0.2, 0.25) is 0 Å². The Morgan fingerprint density at radius 1 is 1.05 bits per heavy atom.